The summed E-state index contributed by atoms with van der Waals surface area (Å²) in [5.41, 5.74) is 2.59. The molecule has 0 radical (unpaired) electrons. The van der Waals surface area contributed by atoms with E-state index in [-0.39, 0.29) is 11.8 Å². The van der Waals surface area contributed by atoms with Gasteiger partial charge in [-0.2, -0.15) is 11.8 Å². The number of nitrogens with zero attached hydrogens (tertiary/aromatic N) is 1. The lowest BCUT2D eigenvalue weighted by atomic mass is 9.81. The first kappa shape index (κ1) is 16.2. The standard InChI is InChI=1S/C17H25NO2S/c1-13-4-6-14(7-5-13)18(10-8-16(19)20)15-12-21-11-9-17(15,2)3/h4-7,15H,8-12H2,1-3H3,(H,19,20). The van der Waals surface area contributed by atoms with Crippen LogP contribution in [0.2, 0.25) is 0 Å². The fraction of sp³-hybridized carbons (Fsp3) is 0.588. The van der Waals surface area contributed by atoms with E-state index >= 15 is 0 Å². The SMILES string of the molecule is Cc1ccc(N(CCC(=O)O)C2CSCCC2(C)C)cc1. The first-order valence-corrected chi connectivity index (χ1v) is 8.68. The molecule has 1 aromatic carbocycles. The van der Waals surface area contributed by atoms with Crippen molar-refractivity contribution in [1.29, 1.82) is 0 Å². The molecule has 1 saturated heterocycles. The van der Waals surface area contributed by atoms with Crippen LogP contribution in [0.5, 0.6) is 0 Å². The van der Waals surface area contributed by atoms with Crippen molar-refractivity contribution in [2.24, 2.45) is 5.41 Å². The van der Waals surface area contributed by atoms with E-state index < -0.39 is 5.97 Å². The van der Waals surface area contributed by atoms with Crippen molar-refractivity contribution >= 4 is 23.4 Å². The molecule has 0 aliphatic carbocycles. The van der Waals surface area contributed by atoms with Gasteiger partial charge in [0, 0.05) is 24.0 Å². The van der Waals surface area contributed by atoms with Gasteiger partial charge in [-0.15, -0.1) is 0 Å². The highest BCUT2D eigenvalue weighted by atomic mass is 32.2. The first-order valence-electron chi connectivity index (χ1n) is 7.53. The van der Waals surface area contributed by atoms with Crippen molar-refractivity contribution in [2.75, 3.05) is 23.0 Å². The average molecular weight is 307 g/mol. The number of benzene rings is 1. The van der Waals surface area contributed by atoms with Crippen LogP contribution in [-0.4, -0.2) is 35.2 Å². The number of thioether (sulfide) groups is 1. The van der Waals surface area contributed by atoms with Crippen molar-refractivity contribution in [1.82, 2.24) is 0 Å². The highest BCUT2D eigenvalue weighted by Crippen LogP contribution is 2.39. The van der Waals surface area contributed by atoms with Gasteiger partial charge in [0.2, 0.25) is 0 Å². The highest BCUT2D eigenvalue weighted by molar-refractivity contribution is 7.99. The van der Waals surface area contributed by atoms with Gasteiger partial charge in [-0.1, -0.05) is 31.5 Å². The number of anilines is 1. The predicted octanol–water partition coefficient (Wildman–Crippen LogP) is 3.81. The average Bonchev–Trinajstić information content (AvgIpc) is 2.41. The van der Waals surface area contributed by atoms with Gasteiger partial charge in [0.15, 0.2) is 0 Å². The van der Waals surface area contributed by atoms with Gasteiger partial charge >= 0.3 is 5.97 Å². The van der Waals surface area contributed by atoms with Crippen molar-refractivity contribution in [2.45, 2.75) is 39.7 Å². The molecule has 21 heavy (non-hydrogen) atoms. The van der Waals surface area contributed by atoms with Crippen LogP contribution in [0.25, 0.3) is 0 Å². The molecule has 1 aliphatic rings. The molecule has 2 rings (SSSR count). The zero-order valence-corrected chi connectivity index (χ0v) is 13.9. The summed E-state index contributed by atoms with van der Waals surface area (Å²) < 4.78 is 0. The Bertz CT molecular complexity index is 484. The highest BCUT2D eigenvalue weighted by Gasteiger charge is 2.36. The summed E-state index contributed by atoms with van der Waals surface area (Å²) in [5, 5.41) is 9.05. The fourth-order valence-corrected chi connectivity index (χ4v) is 4.54. The van der Waals surface area contributed by atoms with Crippen LogP contribution in [0.15, 0.2) is 24.3 Å². The minimum atomic E-state index is -0.728. The lowest BCUT2D eigenvalue weighted by Gasteiger charge is -2.46. The van der Waals surface area contributed by atoms with Crippen LogP contribution in [0, 0.1) is 12.3 Å². The van der Waals surface area contributed by atoms with Crippen molar-refractivity contribution < 1.29 is 9.90 Å². The molecule has 4 heteroatoms. The molecule has 0 aromatic heterocycles. The van der Waals surface area contributed by atoms with Crippen LogP contribution in [0.1, 0.15) is 32.3 Å². The molecule has 1 heterocycles. The number of carboxylic acids is 1. The van der Waals surface area contributed by atoms with Gasteiger partial charge in [-0.05, 0) is 36.6 Å². The zero-order valence-electron chi connectivity index (χ0n) is 13.1. The second-order valence-corrected chi connectivity index (χ2v) is 7.65. The number of hydrogen-bond donors (Lipinski definition) is 1. The third-order valence-electron chi connectivity index (χ3n) is 4.38. The van der Waals surface area contributed by atoms with E-state index in [0.29, 0.717) is 12.6 Å². The maximum Gasteiger partial charge on any atom is 0.305 e. The second-order valence-electron chi connectivity index (χ2n) is 6.50. The van der Waals surface area contributed by atoms with Gasteiger partial charge in [0.05, 0.1) is 6.42 Å². The van der Waals surface area contributed by atoms with E-state index in [1.807, 2.05) is 11.8 Å². The summed E-state index contributed by atoms with van der Waals surface area (Å²) in [5.74, 6) is 1.54. The normalized spacial score (nSPS) is 21.0. The Morgan fingerprint density at radius 3 is 2.62 bits per heavy atom. The van der Waals surface area contributed by atoms with Gasteiger partial charge in [-0.25, -0.2) is 0 Å². The maximum atomic E-state index is 11.0. The summed E-state index contributed by atoms with van der Waals surface area (Å²) in [7, 11) is 0. The summed E-state index contributed by atoms with van der Waals surface area (Å²) in [6.45, 7) is 7.26. The molecule has 1 atom stereocenters. The minimum Gasteiger partial charge on any atom is -0.481 e. The maximum absolute atomic E-state index is 11.0. The molecular formula is C17H25NO2S. The predicted molar refractivity (Wildman–Crippen MR) is 90.3 cm³/mol. The third kappa shape index (κ3) is 4.16. The summed E-state index contributed by atoms with van der Waals surface area (Å²) in [4.78, 5) is 13.3. The number of carbonyl (C=O) groups is 1. The van der Waals surface area contributed by atoms with Crippen LogP contribution in [0.3, 0.4) is 0 Å². The summed E-state index contributed by atoms with van der Waals surface area (Å²) in [6.07, 6.45) is 1.36. The molecule has 116 valence electrons. The van der Waals surface area contributed by atoms with Crippen LogP contribution >= 0.6 is 11.8 Å². The van der Waals surface area contributed by atoms with E-state index in [1.165, 1.54) is 17.7 Å². The van der Waals surface area contributed by atoms with Crippen LogP contribution in [0.4, 0.5) is 5.69 Å². The Kier molecular flexibility index (Phi) is 5.20. The zero-order chi connectivity index (χ0) is 15.5. The molecule has 1 aromatic rings. The smallest absolute Gasteiger partial charge is 0.305 e. The van der Waals surface area contributed by atoms with Crippen molar-refractivity contribution in [3.8, 4) is 0 Å². The van der Waals surface area contributed by atoms with E-state index in [4.69, 9.17) is 5.11 Å². The van der Waals surface area contributed by atoms with Crippen molar-refractivity contribution in [3.63, 3.8) is 0 Å². The Morgan fingerprint density at radius 1 is 1.38 bits per heavy atom. The largest absolute Gasteiger partial charge is 0.481 e. The number of carboxylic acid groups (broad SMARTS) is 1. The molecule has 1 aliphatic heterocycles. The monoisotopic (exact) mass is 307 g/mol. The van der Waals surface area contributed by atoms with Crippen LogP contribution in [-0.2, 0) is 4.79 Å². The van der Waals surface area contributed by atoms with Crippen molar-refractivity contribution in [3.05, 3.63) is 29.8 Å². The molecule has 1 unspecified atom stereocenters. The van der Waals surface area contributed by atoms with E-state index in [0.717, 1.165) is 11.4 Å². The lowest BCUT2D eigenvalue weighted by molar-refractivity contribution is -0.136. The first-order chi connectivity index (χ1) is 9.90. The van der Waals surface area contributed by atoms with Crippen LogP contribution < -0.4 is 4.90 Å². The van der Waals surface area contributed by atoms with Gasteiger partial charge in [0.1, 0.15) is 0 Å². The number of aliphatic carboxylic acids is 1. The minimum absolute atomic E-state index is 0.186. The molecule has 3 nitrogen and oxygen atoms in total. The molecule has 1 fully saturated rings. The molecule has 0 amide bonds. The topological polar surface area (TPSA) is 40.5 Å². The summed E-state index contributed by atoms with van der Waals surface area (Å²) in [6, 6.07) is 8.83. The Hall–Kier alpha value is -1.16. The molecule has 0 spiro atoms. The lowest BCUT2D eigenvalue weighted by Crippen LogP contribution is -2.50. The number of rotatable bonds is 5. The molecular weight excluding hydrogens is 282 g/mol. The Labute approximate surface area is 131 Å². The van der Waals surface area contributed by atoms with E-state index in [2.05, 4.69) is 49.9 Å². The fourth-order valence-electron chi connectivity index (χ4n) is 2.85. The summed E-state index contributed by atoms with van der Waals surface area (Å²) >= 11 is 1.98. The Balaban J connectivity index is 2.26. The Morgan fingerprint density at radius 2 is 2.05 bits per heavy atom. The van der Waals surface area contributed by atoms with Gasteiger partial charge < -0.3 is 10.0 Å². The third-order valence-corrected chi connectivity index (χ3v) is 5.42. The molecule has 0 saturated carbocycles. The molecule has 0 bridgehead atoms. The van der Waals surface area contributed by atoms with Gasteiger partial charge in [-0.3, -0.25) is 4.79 Å². The second kappa shape index (κ2) is 6.73. The van der Waals surface area contributed by atoms with E-state index in [9.17, 15) is 4.79 Å². The van der Waals surface area contributed by atoms with E-state index in [1.54, 1.807) is 0 Å². The quantitative estimate of drug-likeness (QED) is 0.898. The van der Waals surface area contributed by atoms with Gasteiger partial charge in [0.25, 0.3) is 0 Å². The number of hydrogen-bond acceptors (Lipinski definition) is 3. The molecule has 1 N–H and O–H groups in total. The number of aryl methyl sites for hydroxylation is 1.